The Morgan fingerprint density at radius 2 is 1.48 bits per heavy atom. The number of benzene rings is 1. The van der Waals surface area contributed by atoms with Gasteiger partial charge in [0.2, 0.25) is 5.82 Å². The molecule has 112 valence electrons. The average molecular weight is 304 g/mol. The molecule has 0 aliphatic carbocycles. The molecule has 1 unspecified atom stereocenters. The van der Waals surface area contributed by atoms with Crippen molar-refractivity contribution in [3.8, 4) is 5.75 Å². The predicted molar refractivity (Wildman–Crippen MR) is 63.1 cm³/mol. The van der Waals surface area contributed by atoms with E-state index in [2.05, 4.69) is 4.98 Å². The van der Waals surface area contributed by atoms with Crippen LogP contribution in [0.25, 0.3) is 0 Å². The highest BCUT2D eigenvalue weighted by atomic mass is 19.2. The molecule has 0 bridgehead atoms. The zero-order valence-electron chi connectivity index (χ0n) is 10.6. The number of hydrogen-bond donors (Lipinski definition) is 1. The summed E-state index contributed by atoms with van der Waals surface area (Å²) in [6.45, 7) is 0. The normalized spacial score (nSPS) is 12.3. The van der Waals surface area contributed by atoms with Crippen molar-refractivity contribution < 1.29 is 26.7 Å². The summed E-state index contributed by atoms with van der Waals surface area (Å²) in [5, 5.41) is 0. The van der Waals surface area contributed by atoms with Gasteiger partial charge in [-0.25, -0.2) is 22.0 Å². The van der Waals surface area contributed by atoms with Crippen LogP contribution in [-0.4, -0.2) is 12.1 Å². The summed E-state index contributed by atoms with van der Waals surface area (Å²) < 4.78 is 71.5. The van der Waals surface area contributed by atoms with Crippen LogP contribution < -0.4 is 10.5 Å². The predicted octanol–water partition coefficient (Wildman–Crippen LogP) is 2.83. The van der Waals surface area contributed by atoms with Crippen LogP contribution in [-0.2, 0) is 0 Å². The third-order valence-corrected chi connectivity index (χ3v) is 2.88. The Morgan fingerprint density at radius 1 is 0.952 bits per heavy atom. The molecule has 2 N–H and O–H groups in total. The van der Waals surface area contributed by atoms with E-state index in [-0.39, 0.29) is 11.3 Å². The first-order valence-corrected chi connectivity index (χ1v) is 5.64. The number of hydrogen-bond acceptors (Lipinski definition) is 3. The van der Waals surface area contributed by atoms with E-state index in [4.69, 9.17) is 10.5 Å². The van der Waals surface area contributed by atoms with Crippen molar-refractivity contribution in [3.05, 3.63) is 58.7 Å². The molecule has 1 aromatic heterocycles. The maximum atomic E-state index is 13.7. The topological polar surface area (TPSA) is 48.1 Å². The van der Waals surface area contributed by atoms with Crippen LogP contribution in [0.4, 0.5) is 22.0 Å². The van der Waals surface area contributed by atoms with Gasteiger partial charge in [-0.05, 0) is 11.6 Å². The first-order chi connectivity index (χ1) is 9.88. The van der Waals surface area contributed by atoms with E-state index in [1.165, 1.54) is 19.4 Å². The van der Waals surface area contributed by atoms with Gasteiger partial charge in [0.1, 0.15) is 5.75 Å². The molecular weight excluding hydrogens is 295 g/mol. The first-order valence-electron chi connectivity index (χ1n) is 5.64. The Kier molecular flexibility index (Phi) is 4.08. The summed E-state index contributed by atoms with van der Waals surface area (Å²) in [5.41, 5.74) is 4.51. The molecule has 0 saturated carbocycles. The monoisotopic (exact) mass is 304 g/mol. The van der Waals surface area contributed by atoms with E-state index < -0.39 is 40.7 Å². The van der Waals surface area contributed by atoms with E-state index in [0.717, 1.165) is 6.20 Å². The van der Waals surface area contributed by atoms with E-state index in [0.29, 0.717) is 0 Å². The quantitative estimate of drug-likeness (QED) is 0.539. The maximum Gasteiger partial charge on any atom is 0.200 e. The molecule has 0 aliphatic rings. The van der Waals surface area contributed by atoms with Gasteiger partial charge in [0, 0.05) is 6.20 Å². The number of ether oxygens (including phenoxy) is 1. The van der Waals surface area contributed by atoms with Crippen molar-refractivity contribution in [1.82, 2.24) is 4.98 Å². The summed E-state index contributed by atoms with van der Waals surface area (Å²) in [4.78, 5) is 3.71. The molecule has 1 aromatic carbocycles. The summed E-state index contributed by atoms with van der Waals surface area (Å²) in [7, 11) is 1.32. The second-order valence-electron chi connectivity index (χ2n) is 4.12. The fraction of sp³-hybridized carbons (Fsp3) is 0.154. The molecule has 0 fully saturated rings. The van der Waals surface area contributed by atoms with Gasteiger partial charge < -0.3 is 10.5 Å². The molecule has 0 radical (unpaired) electrons. The summed E-state index contributed by atoms with van der Waals surface area (Å²) in [5.74, 6) is -10.0. The Labute approximate surface area is 116 Å². The number of pyridine rings is 1. The largest absolute Gasteiger partial charge is 0.495 e. The van der Waals surface area contributed by atoms with Gasteiger partial charge >= 0.3 is 0 Å². The van der Waals surface area contributed by atoms with Crippen LogP contribution >= 0.6 is 0 Å². The molecule has 0 spiro atoms. The molecule has 8 heteroatoms. The molecule has 0 amide bonds. The highest BCUT2D eigenvalue weighted by Crippen LogP contribution is 2.30. The smallest absolute Gasteiger partial charge is 0.200 e. The molecule has 21 heavy (non-hydrogen) atoms. The molecule has 2 rings (SSSR count). The van der Waals surface area contributed by atoms with Crippen LogP contribution in [0.2, 0.25) is 0 Å². The lowest BCUT2D eigenvalue weighted by Crippen LogP contribution is -2.19. The lowest BCUT2D eigenvalue weighted by molar-refractivity contribution is 0.367. The van der Waals surface area contributed by atoms with Crippen LogP contribution in [0.1, 0.15) is 17.2 Å². The SMILES string of the molecule is COc1cncc(C(N)c2c(F)c(F)c(F)c(F)c2F)c1. The van der Waals surface area contributed by atoms with Gasteiger partial charge in [0.25, 0.3) is 0 Å². The van der Waals surface area contributed by atoms with Crippen molar-refractivity contribution in [2.45, 2.75) is 6.04 Å². The second-order valence-corrected chi connectivity index (χ2v) is 4.12. The summed E-state index contributed by atoms with van der Waals surface area (Å²) in [6.07, 6.45) is 2.44. The number of methoxy groups -OCH3 is 1. The molecule has 0 saturated heterocycles. The highest BCUT2D eigenvalue weighted by Gasteiger charge is 2.29. The molecule has 1 atom stereocenters. The lowest BCUT2D eigenvalue weighted by atomic mass is 9.99. The van der Waals surface area contributed by atoms with Crippen molar-refractivity contribution >= 4 is 0 Å². The van der Waals surface area contributed by atoms with Crippen molar-refractivity contribution in [3.63, 3.8) is 0 Å². The Balaban J connectivity index is 2.60. The lowest BCUT2D eigenvalue weighted by Gasteiger charge is -2.16. The van der Waals surface area contributed by atoms with Crippen molar-refractivity contribution in [1.29, 1.82) is 0 Å². The van der Waals surface area contributed by atoms with Gasteiger partial charge in [-0.2, -0.15) is 0 Å². The first kappa shape index (κ1) is 15.2. The number of halogens is 5. The number of nitrogens with zero attached hydrogens (tertiary/aromatic N) is 1. The zero-order chi connectivity index (χ0) is 15.7. The van der Waals surface area contributed by atoms with Crippen LogP contribution in [0.5, 0.6) is 5.75 Å². The van der Waals surface area contributed by atoms with Gasteiger partial charge in [-0.15, -0.1) is 0 Å². The Morgan fingerprint density at radius 3 is 2.00 bits per heavy atom. The van der Waals surface area contributed by atoms with Gasteiger partial charge in [-0.1, -0.05) is 0 Å². The molecule has 3 nitrogen and oxygen atoms in total. The Bertz CT molecular complexity index is 663. The van der Waals surface area contributed by atoms with E-state index in [1.54, 1.807) is 0 Å². The van der Waals surface area contributed by atoms with E-state index in [9.17, 15) is 22.0 Å². The van der Waals surface area contributed by atoms with E-state index >= 15 is 0 Å². The van der Waals surface area contributed by atoms with Gasteiger partial charge in [-0.3, -0.25) is 4.98 Å². The molecular formula is C13H9F5N2O. The van der Waals surface area contributed by atoms with Crippen LogP contribution in [0.15, 0.2) is 18.5 Å². The maximum absolute atomic E-state index is 13.7. The minimum absolute atomic E-state index is 0.0394. The minimum atomic E-state index is -2.23. The van der Waals surface area contributed by atoms with Crippen LogP contribution in [0.3, 0.4) is 0 Å². The second kappa shape index (κ2) is 5.65. The fourth-order valence-corrected chi connectivity index (χ4v) is 1.78. The molecule has 2 aromatic rings. The van der Waals surface area contributed by atoms with E-state index in [1.807, 2.05) is 0 Å². The summed E-state index contributed by atoms with van der Waals surface area (Å²) in [6, 6.07) is -0.299. The van der Waals surface area contributed by atoms with Crippen molar-refractivity contribution in [2.24, 2.45) is 5.73 Å². The molecule has 0 aliphatic heterocycles. The third-order valence-electron chi connectivity index (χ3n) is 2.88. The van der Waals surface area contributed by atoms with Crippen LogP contribution in [0, 0.1) is 29.1 Å². The Hall–Kier alpha value is -2.22. The van der Waals surface area contributed by atoms with Crippen molar-refractivity contribution in [2.75, 3.05) is 7.11 Å². The van der Waals surface area contributed by atoms with Gasteiger partial charge in [0.05, 0.1) is 24.9 Å². The standard InChI is InChI=1S/C13H9F5N2O/c1-21-6-2-5(3-20-4-6)13(19)7-8(14)10(16)12(18)11(17)9(7)15/h2-4,13H,19H2,1H3. The number of aromatic nitrogens is 1. The highest BCUT2D eigenvalue weighted by molar-refractivity contribution is 5.36. The third kappa shape index (κ3) is 2.54. The number of nitrogens with two attached hydrogens (primary N) is 1. The summed E-state index contributed by atoms with van der Waals surface area (Å²) >= 11 is 0. The zero-order valence-corrected chi connectivity index (χ0v) is 10.6. The molecule has 1 heterocycles. The number of rotatable bonds is 3. The fourth-order valence-electron chi connectivity index (χ4n) is 1.78. The van der Waals surface area contributed by atoms with Gasteiger partial charge in [0.15, 0.2) is 23.3 Å². The average Bonchev–Trinajstić information content (AvgIpc) is 2.51. The minimum Gasteiger partial charge on any atom is -0.495 e.